The van der Waals surface area contributed by atoms with Crippen molar-refractivity contribution in [2.24, 2.45) is 0 Å². The van der Waals surface area contributed by atoms with E-state index >= 15 is 0 Å². The minimum absolute atomic E-state index is 0.265. The Kier molecular flexibility index (Phi) is 4.76. The van der Waals surface area contributed by atoms with Crippen molar-refractivity contribution in [3.05, 3.63) is 78.0 Å². The first-order valence-corrected chi connectivity index (χ1v) is 7.45. The lowest BCUT2D eigenvalue weighted by atomic mass is 10.2. The van der Waals surface area contributed by atoms with Crippen LogP contribution in [0.1, 0.15) is 21.7 Å². The number of pyridine rings is 1. The molecule has 0 fully saturated rings. The van der Waals surface area contributed by atoms with E-state index in [1.165, 1.54) is 6.20 Å². The zero-order valence-electron chi connectivity index (χ0n) is 13.1. The maximum Gasteiger partial charge on any atom is 0.271 e. The summed E-state index contributed by atoms with van der Waals surface area (Å²) in [6.07, 6.45) is 4.70. The first kappa shape index (κ1) is 15.6. The lowest BCUT2D eigenvalue weighted by Gasteiger charge is -2.08. The molecule has 0 aliphatic heterocycles. The van der Waals surface area contributed by atoms with Crippen LogP contribution in [-0.2, 0) is 6.54 Å². The second kappa shape index (κ2) is 7.32. The third kappa shape index (κ3) is 4.13. The van der Waals surface area contributed by atoms with E-state index < -0.39 is 0 Å². The fourth-order valence-corrected chi connectivity index (χ4v) is 2.03. The Morgan fingerprint density at radius 3 is 2.75 bits per heavy atom. The molecule has 0 saturated carbocycles. The SMILES string of the molecule is Cc1cnc(C(=O)NCc2cccc(Oc3ccccn3)c2)cn1. The second-order valence-electron chi connectivity index (χ2n) is 5.14. The summed E-state index contributed by atoms with van der Waals surface area (Å²) in [6.45, 7) is 2.19. The number of aromatic nitrogens is 3. The van der Waals surface area contributed by atoms with Gasteiger partial charge in [0.25, 0.3) is 5.91 Å². The standard InChI is InChI=1S/C18H16N4O2/c1-13-10-21-16(12-20-13)18(23)22-11-14-5-4-6-15(9-14)24-17-7-2-3-8-19-17/h2-10,12H,11H2,1H3,(H,22,23). The number of hydrogen-bond donors (Lipinski definition) is 1. The molecule has 0 radical (unpaired) electrons. The van der Waals surface area contributed by atoms with Crippen molar-refractivity contribution in [1.29, 1.82) is 0 Å². The maximum absolute atomic E-state index is 12.1. The number of aryl methyl sites for hydroxylation is 1. The van der Waals surface area contributed by atoms with Gasteiger partial charge in [0.2, 0.25) is 5.88 Å². The smallest absolute Gasteiger partial charge is 0.271 e. The molecule has 1 N–H and O–H groups in total. The molecule has 6 heteroatoms. The highest BCUT2D eigenvalue weighted by molar-refractivity contribution is 5.91. The van der Waals surface area contributed by atoms with Crippen molar-refractivity contribution in [3.8, 4) is 11.6 Å². The van der Waals surface area contributed by atoms with E-state index in [1.54, 1.807) is 18.5 Å². The first-order chi connectivity index (χ1) is 11.7. The number of carbonyl (C=O) groups is 1. The van der Waals surface area contributed by atoms with Crippen molar-refractivity contribution in [2.75, 3.05) is 0 Å². The fourth-order valence-electron chi connectivity index (χ4n) is 2.03. The van der Waals surface area contributed by atoms with Gasteiger partial charge in [-0.25, -0.2) is 9.97 Å². The van der Waals surface area contributed by atoms with Crippen molar-refractivity contribution in [3.63, 3.8) is 0 Å². The molecule has 0 aliphatic carbocycles. The van der Waals surface area contributed by atoms with Crippen LogP contribution >= 0.6 is 0 Å². The van der Waals surface area contributed by atoms with Gasteiger partial charge < -0.3 is 10.1 Å². The monoisotopic (exact) mass is 320 g/mol. The molecule has 0 spiro atoms. The molecule has 3 aromatic rings. The van der Waals surface area contributed by atoms with E-state index in [1.807, 2.05) is 43.3 Å². The Balaban J connectivity index is 1.62. The zero-order valence-corrected chi connectivity index (χ0v) is 13.1. The Hall–Kier alpha value is -3.28. The summed E-state index contributed by atoms with van der Waals surface area (Å²) in [5.41, 5.74) is 1.98. The van der Waals surface area contributed by atoms with Crippen LogP contribution in [0.15, 0.2) is 61.1 Å². The average molecular weight is 320 g/mol. The van der Waals surface area contributed by atoms with Crippen LogP contribution in [0.3, 0.4) is 0 Å². The van der Waals surface area contributed by atoms with Gasteiger partial charge in [-0.1, -0.05) is 18.2 Å². The fraction of sp³-hybridized carbons (Fsp3) is 0.111. The van der Waals surface area contributed by atoms with Gasteiger partial charge in [0.05, 0.1) is 11.9 Å². The lowest BCUT2D eigenvalue weighted by Crippen LogP contribution is -2.24. The molecular formula is C18H16N4O2. The van der Waals surface area contributed by atoms with Gasteiger partial charge in [-0.05, 0) is 30.7 Å². The summed E-state index contributed by atoms with van der Waals surface area (Å²) in [4.78, 5) is 24.3. The highest BCUT2D eigenvalue weighted by atomic mass is 16.5. The maximum atomic E-state index is 12.1. The normalized spacial score (nSPS) is 10.2. The molecular weight excluding hydrogens is 304 g/mol. The van der Waals surface area contributed by atoms with E-state index in [0.29, 0.717) is 23.9 Å². The van der Waals surface area contributed by atoms with Crippen LogP contribution in [0, 0.1) is 6.92 Å². The van der Waals surface area contributed by atoms with Crippen molar-refractivity contribution in [1.82, 2.24) is 20.3 Å². The van der Waals surface area contributed by atoms with Crippen molar-refractivity contribution < 1.29 is 9.53 Å². The van der Waals surface area contributed by atoms with Gasteiger partial charge in [-0.2, -0.15) is 0 Å². The molecule has 2 heterocycles. The molecule has 0 bridgehead atoms. The molecule has 120 valence electrons. The number of carbonyl (C=O) groups excluding carboxylic acids is 1. The summed E-state index contributed by atoms with van der Waals surface area (Å²) in [7, 11) is 0. The van der Waals surface area contributed by atoms with Gasteiger partial charge in [0.1, 0.15) is 11.4 Å². The molecule has 0 unspecified atom stereocenters. The molecule has 1 amide bonds. The van der Waals surface area contributed by atoms with Crippen molar-refractivity contribution in [2.45, 2.75) is 13.5 Å². The third-order valence-corrected chi connectivity index (χ3v) is 3.23. The number of benzene rings is 1. The zero-order chi connectivity index (χ0) is 16.8. The van der Waals surface area contributed by atoms with Crippen LogP contribution in [0.4, 0.5) is 0 Å². The predicted molar refractivity (Wildman–Crippen MR) is 88.7 cm³/mol. The summed E-state index contributed by atoms with van der Waals surface area (Å²) in [6, 6.07) is 12.9. The average Bonchev–Trinajstić information content (AvgIpc) is 2.61. The third-order valence-electron chi connectivity index (χ3n) is 3.23. The van der Waals surface area contributed by atoms with Crippen LogP contribution in [0.2, 0.25) is 0 Å². The molecule has 3 rings (SSSR count). The van der Waals surface area contributed by atoms with E-state index in [0.717, 1.165) is 11.3 Å². The summed E-state index contributed by atoms with van der Waals surface area (Å²) in [5, 5.41) is 2.81. The lowest BCUT2D eigenvalue weighted by molar-refractivity contribution is 0.0945. The van der Waals surface area contributed by atoms with Gasteiger partial charge in [0.15, 0.2) is 0 Å². The van der Waals surface area contributed by atoms with E-state index in [4.69, 9.17) is 4.74 Å². The minimum atomic E-state index is -0.265. The molecule has 1 aromatic carbocycles. The predicted octanol–water partition coefficient (Wildman–Crippen LogP) is 2.90. The number of ether oxygens (including phenoxy) is 1. The number of nitrogens with zero attached hydrogens (tertiary/aromatic N) is 3. The number of hydrogen-bond acceptors (Lipinski definition) is 5. The van der Waals surface area contributed by atoms with E-state index in [9.17, 15) is 4.79 Å². The molecule has 2 aromatic heterocycles. The number of nitrogens with one attached hydrogen (secondary N) is 1. The van der Waals surface area contributed by atoms with Gasteiger partial charge in [-0.15, -0.1) is 0 Å². The summed E-state index contributed by atoms with van der Waals surface area (Å²) in [5.74, 6) is 0.919. The summed E-state index contributed by atoms with van der Waals surface area (Å²) >= 11 is 0. The molecule has 6 nitrogen and oxygen atoms in total. The first-order valence-electron chi connectivity index (χ1n) is 7.45. The molecule has 0 aliphatic rings. The Bertz CT molecular complexity index is 820. The van der Waals surface area contributed by atoms with Crippen LogP contribution < -0.4 is 10.1 Å². The Morgan fingerprint density at radius 1 is 1.08 bits per heavy atom. The second-order valence-corrected chi connectivity index (χ2v) is 5.14. The van der Waals surface area contributed by atoms with Crippen LogP contribution in [0.5, 0.6) is 11.6 Å². The molecule has 0 atom stereocenters. The Labute approximate surface area is 139 Å². The molecule has 24 heavy (non-hydrogen) atoms. The number of amides is 1. The van der Waals surface area contributed by atoms with Gasteiger partial charge >= 0.3 is 0 Å². The van der Waals surface area contributed by atoms with Crippen molar-refractivity contribution >= 4 is 5.91 Å². The number of rotatable bonds is 5. The quantitative estimate of drug-likeness (QED) is 0.782. The van der Waals surface area contributed by atoms with Gasteiger partial charge in [-0.3, -0.25) is 9.78 Å². The minimum Gasteiger partial charge on any atom is -0.439 e. The largest absolute Gasteiger partial charge is 0.439 e. The highest BCUT2D eigenvalue weighted by Crippen LogP contribution is 2.19. The topological polar surface area (TPSA) is 77.0 Å². The summed E-state index contributed by atoms with van der Waals surface area (Å²) < 4.78 is 5.68. The Morgan fingerprint density at radius 2 is 2.00 bits per heavy atom. The van der Waals surface area contributed by atoms with Crippen LogP contribution in [-0.4, -0.2) is 20.9 Å². The van der Waals surface area contributed by atoms with E-state index in [-0.39, 0.29) is 5.91 Å². The van der Waals surface area contributed by atoms with Crippen LogP contribution in [0.25, 0.3) is 0 Å². The van der Waals surface area contributed by atoms with Gasteiger partial charge in [0, 0.05) is 25.0 Å². The molecule has 0 saturated heterocycles. The highest BCUT2D eigenvalue weighted by Gasteiger charge is 2.07. The van der Waals surface area contributed by atoms with E-state index in [2.05, 4.69) is 20.3 Å².